The van der Waals surface area contributed by atoms with Gasteiger partial charge in [-0.25, -0.2) is 0 Å². The summed E-state index contributed by atoms with van der Waals surface area (Å²) in [6.45, 7) is 7.45. The van der Waals surface area contributed by atoms with Crippen LogP contribution in [0.4, 0.5) is 0 Å². The van der Waals surface area contributed by atoms with Crippen LogP contribution in [0.5, 0.6) is 0 Å². The highest BCUT2D eigenvalue weighted by Crippen LogP contribution is 2.10. The molecule has 0 unspecified atom stereocenters. The van der Waals surface area contributed by atoms with Gasteiger partial charge < -0.3 is 4.74 Å². The van der Waals surface area contributed by atoms with Gasteiger partial charge in [-0.2, -0.15) is 0 Å². The van der Waals surface area contributed by atoms with Crippen molar-refractivity contribution >= 4 is 0 Å². The average Bonchev–Trinajstić information content (AvgIpc) is 2.19. The minimum absolute atomic E-state index is 0.770. The van der Waals surface area contributed by atoms with Crippen molar-refractivity contribution in [3.8, 4) is 0 Å². The van der Waals surface area contributed by atoms with Crippen molar-refractivity contribution in [1.82, 2.24) is 4.90 Å². The molecule has 14 heavy (non-hydrogen) atoms. The molecular weight excluding hydrogens is 174 g/mol. The average molecular weight is 189 g/mol. The lowest BCUT2D eigenvalue weighted by Gasteiger charge is -2.28. The number of rotatable bonds is 2. The lowest BCUT2D eigenvalue weighted by Crippen LogP contribution is -2.34. The fourth-order valence-electron chi connectivity index (χ4n) is 1.67. The summed E-state index contributed by atoms with van der Waals surface area (Å²) in [5, 5.41) is 0. The first-order valence-corrected chi connectivity index (χ1v) is 4.91. The normalized spacial score (nSPS) is 17.9. The van der Waals surface area contributed by atoms with Crippen molar-refractivity contribution in [3.63, 3.8) is 0 Å². The highest BCUT2D eigenvalue weighted by Gasteiger charge is 2.13. The van der Waals surface area contributed by atoms with E-state index in [-0.39, 0.29) is 0 Å². The molecular formula is C12H15NO. The third-order valence-corrected chi connectivity index (χ3v) is 2.36. The Kier molecular flexibility index (Phi) is 2.84. The maximum absolute atomic E-state index is 5.31. The van der Waals surface area contributed by atoms with Crippen LogP contribution >= 0.6 is 0 Å². The molecule has 0 saturated carbocycles. The van der Waals surface area contributed by atoms with Gasteiger partial charge in [0.05, 0.1) is 6.54 Å². The predicted molar refractivity (Wildman–Crippen MR) is 56.8 cm³/mol. The second-order valence-corrected chi connectivity index (χ2v) is 3.58. The van der Waals surface area contributed by atoms with E-state index in [9.17, 15) is 0 Å². The second-order valence-electron chi connectivity index (χ2n) is 3.58. The quantitative estimate of drug-likeness (QED) is 0.706. The molecule has 0 aromatic heterocycles. The smallest absolute Gasteiger partial charge is 0.103 e. The fraction of sp³-hybridized carbons (Fsp3) is 0.333. The first kappa shape index (κ1) is 9.28. The zero-order valence-corrected chi connectivity index (χ0v) is 8.28. The molecule has 2 rings (SSSR count). The van der Waals surface area contributed by atoms with Gasteiger partial charge in [-0.15, -0.1) is 0 Å². The lowest BCUT2D eigenvalue weighted by atomic mass is 10.2. The van der Waals surface area contributed by atoms with Gasteiger partial charge >= 0.3 is 0 Å². The maximum atomic E-state index is 5.31. The zero-order chi connectivity index (χ0) is 9.80. The van der Waals surface area contributed by atoms with E-state index in [0.717, 1.165) is 32.0 Å². The number of morpholine rings is 1. The van der Waals surface area contributed by atoms with Crippen LogP contribution in [0, 0.1) is 0 Å². The molecule has 0 radical (unpaired) electrons. The van der Waals surface area contributed by atoms with Gasteiger partial charge in [0, 0.05) is 13.1 Å². The summed E-state index contributed by atoms with van der Waals surface area (Å²) >= 11 is 0. The second kappa shape index (κ2) is 4.29. The van der Waals surface area contributed by atoms with Crippen molar-refractivity contribution in [3.05, 3.63) is 48.2 Å². The molecule has 1 aliphatic rings. The van der Waals surface area contributed by atoms with E-state index in [1.165, 1.54) is 5.56 Å². The molecule has 1 heterocycles. The van der Waals surface area contributed by atoms with E-state index >= 15 is 0 Å². The van der Waals surface area contributed by atoms with Gasteiger partial charge in [0.15, 0.2) is 0 Å². The minimum atomic E-state index is 0.770. The SMILES string of the molecule is C=C1CN(Cc2ccccc2)CCO1. The third kappa shape index (κ3) is 2.36. The van der Waals surface area contributed by atoms with Gasteiger partial charge in [0.25, 0.3) is 0 Å². The van der Waals surface area contributed by atoms with Gasteiger partial charge in [-0.05, 0) is 5.56 Å². The van der Waals surface area contributed by atoms with Crippen LogP contribution in [0.3, 0.4) is 0 Å². The molecule has 2 heteroatoms. The number of hydrogen-bond donors (Lipinski definition) is 0. The molecule has 74 valence electrons. The van der Waals surface area contributed by atoms with Crippen molar-refractivity contribution in [2.24, 2.45) is 0 Å². The van der Waals surface area contributed by atoms with Crippen molar-refractivity contribution in [2.45, 2.75) is 6.54 Å². The highest BCUT2D eigenvalue weighted by molar-refractivity contribution is 5.14. The van der Waals surface area contributed by atoms with Gasteiger partial charge in [0.1, 0.15) is 12.4 Å². The van der Waals surface area contributed by atoms with Crippen LogP contribution < -0.4 is 0 Å². The molecule has 0 amide bonds. The number of ether oxygens (including phenoxy) is 1. The van der Waals surface area contributed by atoms with E-state index < -0.39 is 0 Å². The lowest BCUT2D eigenvalue weighted by molar-refractivity contribution is 0.0907. The Labute approximate surface area is 84.8 Å². The number of hydrogen-bond acceptors (Lipinski definition) is 2. The molecule has 1 fully saturated rings. The Hall–Kier alpha value is -1.28. The van der Waals surface area contributed by atoms with E-state index in [1.807, 2.05) is 6.07 Å². The van der Waals surface area contributed by atoms with Gasteiger partial charge in [-0.3, -0.25) is 4.90 Å². The maximum Gasteiger partial charge on any atom is 0.103 e. The van der Waals surface area contributed by atoms with Crippen LogP contribution in [-0.2, 0) is 11.3 Å². The summed E-state index contributed by atoms with van der Waals surface area (Å²) in [7, 11) is 0. The monoisotopic (exact) mass is 189 g/mol. The summed E-state index contributed by atoms with van der Waals surface area (Å²) in [6, 6.07) is 10.5. The number of benzene rings is 1. The molecule has 1 aliphatic heterocycles. The Morgan fingerprint density at radius 2 is 2.07 bits per heavy atom. The predicted octanol–water partition coefficient (Wildman–Crippen LogP) is 2.03. The molecule has 0 atom stereocenters. The number of nitrogens with zero attached hydrogens (tertiary/aromatic N) is 1. The molecule has 2 nitrogen and oxygen atoms in total. The van der Waals surface area contributed by atoms with Crippen LogP contribution in [0.25, 0.3) is 0 Å². The summed E-state index contributed by atoms with van der Waals surface area (Å²) < 4.78 is 5.31. The van der Waals surface area contributed by atoms with E-state index in [0.29, 0.717) is 0 Å². The fourth-order valence-corrected chi connectivity index (χ4v) is 1.67. The summed E-state index contributed by atoms with van der Waals surface area (Å²) in [6.07, 6.45) is 0. The van der Waals surface area contributed by atoms with E-state index in [4.69, 9.17) is 4.74 Å². The molecule has 0 bridgehead atoms. The standard InChI is InChI=1S/C12H15NO/c1-11-9-13(7-8-14-11)10-12-5-3-2-4-6-12/h2-6H,1,7-10H2. The summed E-state index contributed by atoms with van der Waals surface area (Å²) in [5.74, 6) is 0.882. The molecule has 0 aliphatic carbocycles. The summed E-state index contributed by atoms with van der Waals surface area (Å²) in [4.78, 5) is 2.35. The topological polar surface area (TPSA) is 12.5 Å². The first-order valence-electron chi connectivity index (χ1n) is 4.91. The van der Waals surface area contributed by atoms with E-state index in [2.05, 4.69) is 35.7 Å². The van der Waals surface area contributed by atoms with Crippen molar-refractivity contribution in [1.29, 1.82) is 0 Å². The van der Waals surface area contributed by atoms with Gasteiger partial charge in [0.2, 0.25) is 0 Å². The Bertz CT molecular complexity index is 307. The van der Waals surface area contributed by atoms with Crippen molar-refractivity contribution in [2.75, 3.05) is 19.7 Å². The van der Waals surface area contributed by atoms with E-state index in [1.54, 1.807) is 0 Å². The Balaban J connectivity index is 1.94. The molecule has 1 aromatic rings. The molecule has 1 saturated heterocycles. The first-order chi connectivity index (χ1) is 6.84. The highest BCUT2D eigenvalue weighted by atomic mass is 16.5. The summed E-state index contributed by atoms with van der Waals surface area (Å²) in [5.41, 5.74) is 1.35. The Morgan fingerprint density at radius 1 is 1.29 bits per heavy atom. The van der Waals surface area contributed by atoms with Crippen LogP contribution in [0.1, 0.15) is 5.56 Å². The van der Waals surface area contributed by atoms with Gasteiger partial charge in [-0.1, -0.05) is 36.9 Å². The van der Waals surface area contributed by atoms with Crippen LogP contribution in [-0.4, -0.2) is 24.6 Å². The minimum Gasteiger partial charge on any atom is -0.496 e. The van der Waals surface area contributed by atoms with Crippen LogP contribution in [0.15, 0.2) is 42.7 Å². The van der Waals surface area contributed by atoms with Crippen LogP contribution in [0.2, 0.25) is 0 Å². The Morgan fingerprint density at radius 3 is 2.79 bits per heavy atom. The third-order valence-electron chi connectivity index (χ3n) is 2.36. The molecule has 0 spiro atoms. The largest absolute Gasteiger partial charge is 0.496 e. The zero-order valence-electron chi connectivity index (χ0n) is 8.28. The van der Waals surface area contributed by atoms with Crippen molar-refractivity contribution < 1.29 is 4.74 Å². The molecule has 1 aromatic carbocycles. The molecule has 0 N–H and O–H groups in total.